The average Bonchev–Trinajstić information content (AvgIpc) is 2.32. The van der Waals surface area contributed by atoms with E-state index in [2.05, 4.69) is 16.0 Å². The maximum Gasteiger partial charge on any atom is 0.407 e. The zero-order chi connectivity index (χ0) is 16.9. The van der Waals surface area contributed by atoms with E-state index in [0.717, 1.165) is 0 Å². The molecule has 9 heteroatoms. The van der Waals surface area contributed by atoms with E-state index in [1.165, 1.54) is 0 Å². The molecule has 0 aliphatic carbocycles. The van der Waals surface area contributed by atoms with Crippen molar-refractivity contribution in [2.45, 2.75) is 38.5 Å². The fourth-order valence-electron chi connectivity index (χ4n) is 1.87. The number of amides is 2. The summed E-state index contributed by atoms with van der Waals surface area (Å²) in [6.07, 6.45) is -0.572. The molecule has 1 heterocycles. The van der Waals surface area contributed by atoms with E-state index in [1.807, 2.05) is 0 Å². The number of nitrogens with one attached hydrogen (secondary N) is 3. The van der Waals surface area contributed by atoms with Gasteiger partial charge in [-0.2, -0.15) is 0 Å². The summed E-state index contributed by atoms with van der Waals surface area (Å²) < 4.78 is 5.08. The Kier molecular flexibility index (Phi) is 6.12. The monoisotopic (exact) mass is 317 g/mol. The minimum Gasteiger partial charge on any atom is -0.480 e. The van der Waals surface area contributed by atoms with Crippen LogP contribution >= 0.6 is 0 Å². The number of carboxylic acids is 1. The number of hydrogen-bond donors (Lipinski definition) is 5. The molecule has 0 aromatic carbocycles. The maximum absolute atomic E-state index is 11.9. The van der Waals surface area contributed by atoms with Crippen LogP contribution in [0.15, 0.2) is 0 Å². The average molecular weight is 317 g/mol. The molecule has 1 rings (SSSR count). The molecule has 0 aromatic heterocycles. The molecule has 2 amide bonds. The van der Waals surface area contributed by atoms with Gasteiger partial charge in [-0.3, -0.25) is 4.79 Å². The first kappa shape index (κ1) is 18.2. The second-order valence-corrected chi connectivity index (χ2v) is 6.11. The van der Waals surface area contributed by atoms with Gasteiger partial charge in [0.15, 0.2) is 0 Å². The smallest absolute Gasteiger partial charge is 0.407 e. The maximum atomic E-state index is 11.9. The number of carboxylic acid groups (broad SMARTS) is 1. The minimum absolute atomic E-state index is 0.166. The number of rotatable bonds is 6. The summed E-state index contributed by atoms with van der Waals surface area (Å²) in [6, 6.07) is -1.95. The Bertz CT molecular complexity index is 434. The minimum atomic E-state index is -1.34. The van der Waals surface area contributed by atoms with Crippen molar-refractivity contribution in [1.29, 1.82) is 0 Å². The van der Waals surface area contributed by atoms with Crippen molar-refractivity contribution in [3.63, 3.8) is 0 Å². The summed E-state index contributed by atoms with van der Waals surface area (Å²) in [5, 5.41) is 25.3. The van der Waals surface area contributed by atoms with E-state index < -0.39 is 42.3 Å². The van der Waals surface area contributed by atoms with Crippen LogP contribution in [0.25, 0.3) is 0 Å². The van der Waals surface area contributed by atoms with Crippen LogP contribution in [-0.4, -0.2) is 65.6 Å². The molecule has 126 valence electrons. The van der Waals surface area contributed by atoms with Gasteiger partial charge in [0.2, 0.25) is 5.91 Å². The Labute approximate surface area is 128 Å². The number of aliphatic hydroxyl groups is 1. The molecule has 9 nitrogen and oxygen atoms in total. The predicted octanol–water partition coefficient (Wildman–Crippen LogP) is -1.34. The van der Waals surface area contributed by atoms with Crippen LogP contribution in [0, 0.1) is 5.92 Å². The van der Waals surface area contributed by atoms with Crippen LogP contribution < -0.4 is 16.0 Å². The highest BCUT2D eigenvalue weighted by Gasteiger charge is 2.37. The number of hydrogen-bond acceptors (Lipinski definition) is 6. The lowest BCUT2D eigenvalue weighted by molar-refractivity contribution is -0.143. The van der Waals surface area contributed by atoms with Crippen molar-refractivity contribution in [2.24, 2.45) is 5.92 Å². The molecule has 2 unspecified atom stereocenters. The SMILES string of the molecule is CC(C)(C)OC(=O)NCC1CNC1C(=O)N[C@@H](CO)C(=O)O. The molecular formula is C13H23N3O6. The summed E-state index contributed by atoms with van der Waals surface area (Å²) in [5.41, 5.74) is -0.603. The van der Waals surface area contributed by atoms with Crippen LogP contribution in [0.1, 0.15) is 20.8 Å². The number of aliphatic carboxylic acids is 1. The Morgan fingerprint density at radius 2 is 2.00 bits per heavy atom. The summed E-state index contributed by atoms with van der Waals surface area (Å²) in [4.78, 5) is 34.2. The van der Waals surface area contributed by atoms with Crippen molar-refractivity contribution < 1.29 is 29.3 Å². The Morgan fingerprint density at radius 1 is 1.36 bits per heavy atom. The van der Waals surface area contributed by atoms with Gasteiger partial charge in [-0.1, -0.05) is 0 Å². The number of ether oxygens (including phenoxy) is 1. The van der Waals surface area contributed by atoms with Gasteiger partial charge >= 0.3 is 12.1 Å². The standard InChI is InChI=1S/C13H23N3O6/c1-13(2,3)22-12(21)15-5-7-4-14-9(7)10(18)16-8(6-17)11(19)20/h7-9,14,17H,4-6H2,1-3H3,(H,15,21)(H,16,18)(H,19,20)/t7?,8-,9?/m0/s1. The first-order chi connectivity index (χ1) is 10.1. The Morgan fingerprint density at radius 3 is 2.41 bits per heavy atom. The third-order valence-corrected chi connectivity index (χ3v) is 3.06. The van der Waals surface area contributed by atoms with Crippen molar-refractivity contribution in [1.82, 2.24) is 16.0 Å². The highest BCUT2D eigenvalue weighted by Crippen LogP contribution is 2.13. The molecule has 1 aliphatic rings. The summed E-state index contributed by atoms with van der Waals surface area (Å²) in [5.74, 6) is -2.00. The van der Waals surface area contributed by atoms with E-state index in [1.54, 1.807) is 20.8 Å². The first-order valence-corrected chi connectivity index (χ1v) is 6.98. The van der Waals surface area contributed by atoms with Crippen molar-refractivity contribution >= 4 is 18.0 Å². The number of aliphatic hydroxyl groups excluding tert-OH is 1. The van der Waals surface area contributed by atoms with Gasteiger partial charge in [-0.05, 0) is 20.8 Å². The highest BCUT2D eigenvalue weighted by molar-refractivity contribution is 5.88. The van der Waals surface area contributed by atoms with Crippen LogP contribution in [-0.2, 0) is 14.3 Å². The number of carbonyl (C=O) groups excluding carboxylic acids is 2. The Balaban J connectivity index is 2.40. The Hall–Kier alpha value is -1.87. The van der Waals surface area contributed by atoms with Crippen molar-refractivity contribution in [2.75, 3.05) is 19.7 Å². The van der Waals surface area contributed by atoms with Crippen LogP contribution in [0.5, 0.6) is 0 Å². The van der Waals surface area contributed by atoms with Gasteiger partial charge in [0.25, 0.3) is 0 Å². The molecule has 1 aliphatic heterocycles. The van der Waals surface area contributed by atoms with Crippen LogP contribution in [0.3, 0.4) is 0 Å². The summed E-state index contributed by atoms with van der Waals surface area (Å²) in [7, 11) is 0. The van der Waals surface area contributed by atoms with Gasteiger partial charge < -0.3 is 30.9 Å². The molecule has 0 bridgehead atoms. The molecule has 1 fully saturated rings. The normalized spacial score (nSPS) is 22.2. The zero-order valence-electron chi connectivity index (χ0n) is 12.9. The molecule has 0 spiro atoms. The van der Waals surface area contributed by atoms with E-state index in [0.29, 0.717) is 6.54 Å². The second kappa shape index (κ2) is 7.41. The lowest BCUT2D eigenvalue weighted by atomic mass is 9.90. The lowest BCUT2D eigenvalue weighted by Gasteiger charge is -2.37. The second-order valence-electron chi connectivity index (χ2n) is 6.11. The number of alkyl carbamates (subject to hydrolysis) is 1. The highest BCUT2D eigenvalue weighted by atomic mass is 16.6. The predicted molar refractivity (Wildman–Crippen MR) is 76.2 cm³/mol. The van der Waals surface area contributed by atoms with Crippen molar-refractivity contribution in [3.8, 4) is 0 Å². The molecule has 0 radical (unpaired) electrons. The van der Waals surface area contributed by atoms with Gasteiger partial charge in [-0.15, -0.1) is 0 Å². The largest absolute Gasteiger partial charge is 0.480 e. The van der Waals surface area contributed by atoms with Crippen molar-refractivity contribution in [3.05, 3.63) is 0 Å². The van der Waals surface area contributed by atoms with Crippen LogP contribution in [0.2, 0.25) is 0 Å². The van der Waals surface area contributed by atoms with Gasteiger partial charge in [0, 0.05) is 19.0 Å². The van der Waals surface area contributed by atoms with E-state index in [9.17, 15) is 14.4 Å². The van der Waals surface area contributed by atoms with Crippen LogP contribution in [0.4, 0.5) is 4.79 Å². The third kappa shape index (κ3) is 5.49. The molecule has 5 N–H and O–H groups in total. The molecule has 1 saturated heterocycles. The quantitative estimate of drug-likeness (QED) is 0.409. The first-order valence-electron chi connectivity index (χ1n) is 6.98. The topological polar surface area (TPSA) is 137 Å². The fraction of sp³-hybridized carbons (Fsp3) is 0.769. The summed E-state index contributed by atoms with van der Waals surface area (Å²) in [6.45, 7) is 5.30. The molecule has 22 heavy (non-hydrogen) atoms. The fourth-order valence-corrected chi connectivity index (χ4v) is 1.87. The molecule has 3 atom stereocenters. The van der Waals surface area contributed by atoms with Gasteiger partial charge in [0.1, 0.15) is 11.6 Å². The summed E-state index contributed by atoms with van der Waals surface area (Å²) >= 11 is 0. The molecule has 0 aromatic rings. The molecular weight excluding hydrogens is 294 g/mol. The molecule has 0 saturated carbocycles. The third-order valence-electron chi connectivity index (χ3n) is 3.06. The van der Waals surface area contributed by atoms with E-state index in [4.69, 9.17) is 14.9 Å². The van der Waals surface area contributed by atoms with E-state index in [-0.39, 0.29) is 12.5 Å². The zero-order valence-corrected chi connectivity index (χ0v) is 12.9. The van der Waals surface area contributed by atoms with Gasteiger partial charge in [-0.25, -0.2) is 9.59 Å². The lowest BCUT2D eigenvalue weighted by Crippen LogP contribution is -2.65. The van der Waals surface area contributed by atoms with E-state index >= 15 is 0 Å². The van der Waals surface area contributed by atoms with Gasteiger partial charge in [0.05, 0.1) is 12.6 Å². The number of carbonyl (C=O) groups is 3.